The van der Waals surface area contributed by atoms with Gasteiger partial charge in [0.25, 0.3) is 0 Å². The molecule has 1 N–H and O–H groups in total. The minimum Gasteiger partial charge on any atom is -0.493 e. The Hall–Kier alpha value is -0.490. The van der Waals surface area contributed by atoms with E-state index in [0.717, 1.165) is 21.6 Å². The van der Waals surface area contributed by atoms with E-state index in [1.807, 2.05) is 20.0 Å². The fourth-order valence-corrected chi connectivity index (χ4v) is 2.19. The number of hydrogen-bond donors (Lipinski definition) is 1. The molecule has 1 rings (SSSR count). The molecule has 0 bridgehead atoms. The maximum Gasteiger partial charge on any atom is 0.174 e. The van der Waals surface area contributed by atoms with Crippen LogP contribution in [0.2, 0.25) is 0 Å². The van der Waals surface area contributed by atoms with E-state index in [1.165, 1.54) is 5.56 Å². The molecule has 0 heterocycles. The van der Waals surface area contributed by atoms with Crippen molar-refractivity contribution in [1.82, 2.24) is 5.32 Å². The molecular formula is C11H16INO2. The number of benzene rings is 1. The van der Waals surface area contributed by atoms with E-state index >= 15 is 0 Å². The van der Waals surface area contributed by atoms with Crippen LogP contribution in [0.5, 0.6) is 11.5 Å². The summed E-state index contributed by atoms with van der Waals surface area (Å²) in [5.41, 5.74) is 1.20. The summed E-state index contributed by atoms with van der Waals surface area (Å²) in [6.07, 6.45) is 0. The van der Waals surface area contributed by atoms with Gasteiger partial charge in [-0.25, -0.2) is 0 Å². The highest BCUT2D eigenvalue weighted by atomic mass is 127. The minimum atomic E-state index is 0.651. The third kappa shape index (κ3) is 3.24. The average Bonchev–Trinajstić information content (AvgIpc) is 2.22. The van der Waals surface area contributed by atoms with Gasteiger partial charge in [0, 0.05) is 6.54 Å². The smallest absolute Gasteiger partial charge is 0.174 e. The Balaban J connectivity index is 3.06. The van der Waals surface area contributed by atoms with Crippen molar-refractivity contribution in [2.24, 2.45) is 0 Å². The summed E-state index contributed by atoms with van der Waals surface area (Å²) < 4.78 is 11.9. The summed E-state index contributed by atoms with van der Waals surface area (Å²) in [4.78, 5) is 0. The number of halogens is 1. The van der Waals surface area contributed by atoms with Crippen LogP contribution in [0.3, 0.4) is 0 Å². The normalized spacial score (nSPS) is 10.1. The van der Waals surface area contributed by atoms with Crippen LogP contribution in [0.15, 0.2) is 12.1 Å². The summed E-state index contributed by atoms with van der Waals surface area (Å²) >= 11 is 2.27. The molecule has 0 fully saturated rings. The van der Waals surface area contributed by atoms with Gasteiger partial charge in [0.15, 0.2) is 11.5 Å². The second kappa shape index (κ2) is 6.17. The van der Waals surface area contributed by atoms with Crippen LogP contribution in [0.4, 0.5) is 0 Å². The number of methoxy groups -OCH3 is 1. The zero-order valence-corrected chi connectivity index (χ0v) is 11.4. The molecule has 0 aromatic heterocycles. The van der Waals surface area contributed by atoms with Crippen LogP contribution in [-0.2, 0) is 6.54 Å². The fourth-order valence-electron chi connectivity index (χ4n) is 1.36. The molecule has 1 aromatic rings. The van der Waals surface area contributed by atoms with Crippen LogP contribution in [-0.4, -0.2) is 20.8 Å². The molecule has 0 radical (unpaired) electrons. The van der Waals surface area contributed by atoms with Crippen molar-refractivity contribution in [3.8, 4) is 11.5 Å². The van der Waals surface area contributed by atoms with Gasteiger partial charge in [0.1, 0.15) is 0 Å². The molecule has 0 amide bonds. The lowest BCUT2D eigenvalue weighted by Gasteiger charge is -2.13. The summed E-state index contributed by atoms with van der Waals surface area (Å²) in [6.45, 7) is 3.45. The van der Waals surface area contributed by atoms with Gasteiger partial charge in [-0.05, 0) is 54.3 Å². The molecule has 0 saturated carbocycles. The van der Waals surface area contributed by atoms with E-state index in [4.69, 9.17) is 9.47 Å². The van der Waals surface area contributed by atoms with Gasteiger partial charge < -0.3 is 14.8 Å². The third-order valence-electron chi connectivity index (χ3n) is 1.96. The molecule has 1 aromatic carbocycles. The van der Waals surface area contributed by atoms with E-state index in [2.05, 4.69) is 34.0 Å². The number of hydrogen-bond acceptors (Lipinski definition) is 3. The Labute approximate surface area is 104 Å². The molecule has 0 aliphatic carbocycles. The maximum atomic E-state index is 5.54. The Bertz CT molecular complexity index is 329. The van der Waals surface area contributed by atoms with Crippen LogP contribution < -0.4 is 14.8 Å². The fraction of sp³-hybridized carbons (Fsp3) is 0.455. The molecule has 3 nitrogen and oxygen atoms in total. The first kappa shape index (κ1) is 12.6. The second-order valence-corrected chi connectivity index (χ2v) is 4.23. The highest BCUT2D eigenvalue weighted by molar-refractivity contribution is 14.1. The monoisotopic (exact) mass is 321 g/mol. The molecule has 84 valence electrons. The Morgan fingerprint density at radius 3 is 2.67 bits per heavy atom. The SMILES string of the molecule is CCOc1c(I)cc(CNC)cc1OC. The molecule has 0 unspecified atom stereocenters. The predicted octanol–water partition coefficient (Wildman–Crippen LogP) is 2.42. The van der Waals surface area contributed by atoms with E-state index in [1.54, 1.807) is 7.11 Å². The van der Waals surface area contributed by atoms with Gasteiger partial charge in [-0.2, -0.15) is 0 Å². The first-order valence-corrected chi connectivity index (χ1v) is 5.94. The summed E-state index contributed by atoms with van der Waals surface area (Å²) in [6, 6.07) is 4.11. The van der Waals surface area contributed by atoms with E-state index in [-0.39, 0.29) is 0 Å². The van der Waals surface area contributed by atoms with Gasteiger partial charge in [-0.15, -0.1) is 0 Å². The number of rotatable bonds is 5. The molecular weight excluding hydrogens is 305 g/mol. The van der Waals surface area contributed by atoms with E-state index in [9.17, 15) is 0 Å². The summed E-state index contributed by atoms with van der Waals surface area (Å²) in [5, 5.41) is 3.11. The first-order chi connectivity index (χ1) is 7.22. The molecule has 15 heavy (non-hydrogen) atoms. The molecule has 0 aliphatic heterocycles. The Morgan fingerprint density at radius 1 is 1.40 bits per heavy atom. The zero-order chi connectivity index (χ0) is 11.3. The number of ether oxygens (including phenoxy) is 2. The first-order valence-electron chi connectivity index (χ1n) is 4.86. The van der Waals surface area contributed by atoms with Crippen LogP contribution in [0.1, 0.15) is 12.5 Å². The zero-order valence-electron chi connectivity index (χ0n) is 9.26. The molecule has 0 spiro atoms. The van der Waals surface area contributed by atoms with Crippen molar-refractivity contribution in [2.75, 3.05) is 20.8 Å². The van der Waals surface area contributed by atoms with Gasteiger partial charge in [0.2, 0.25) is 0 Å². The van der Waals surface area contributed by atoms with Crippen molar-refractivity contribution in [1.29, 1.82) is 0 Å². The van der Waals surface area contributed by atoms with Gasteiger partial charge in [-0.1, -0.05) is 0 Å². The van der Waals surface area contributed by atoms with Gasteiger partial charge in [-0.3, -0.25) is 0 Å². The molecule has 0 saturated heterocycles. The van der Waals surface area contributed by atoms with Crippen molar-refractivity contribution in [2.45, 2.75) is 13.5 Å². The van der Waals surface area contributed by atoms with Crippen LogP contribution >= 0.6 is 22.6 Å². The second-order valence-electron chi connectivity index (χ2n) is 3.07. The van der Waals surface area contributed by atoms with E-state index in [0.29, 0.717) is 6.61 Å². The molecule has 0 atom stereocenters. The average molecular weight is 321 g/mol. The van der Waals surface area contributed by atoms with Crippen molar-refractivity contribution in [3.05, 3.63) is 21.3 Å². The van der Waals surface area contributed by atoms with Gasteiger partial charge in [0.05, 0.1) is 17.3 Å². The highest BCUT2D eigenvalue weighted by Crippen LogP contribution is 2.33. The van der Waals surface area contributed by atoms with Crippen LogP contribution in [0.25, 0.3) is 0 Å². The van der Waals surface area contributed by atoms with Crippen molar-refractivity contribution >= 4 is 22.6 Å². The Kier molecular flexibility index (Phi) is 5.17. The lowest BCUT2D eigenvalue weighted by molar-refractivity contribution is 0.308. The summed E-state index contributed by atoms with van der Waals surface area (Å²) in [7, 11) is 3.59. The third-order valence-corrected chi connectivity index (χ3v) is 2.76. The lowest BCUT2D eigenvalue weighted by atomic mass is 10.2. The summed E-state index contributed by atoms with van der Waals surface area (Å²) in [5.74, 6) is 1.63. The van der Waals surface area contributed by atoms with Crippen molar-refractivity contribution < 1.29 is 9.47 Å². The number of nitrogens with one attached hydrogen (secondary N) is 1. The maximum absolute atomic E-state index is 5.54. The Morgan fingerprint density at radius 2 is 2.13 bits per heavy atom. The largest absolute Gasteiger partial charge is 0.493 e. The molecule has 0 aliphatic rings. The van der Waals surface area contributed by atoms with Gasteiger partial charge >= 0.3 is 0 Å². The topological polar surface area (TPSA) is 30.5 Å². The predicted molar refractivity (Wildman–Crippen MR) is 69.6 cm³/mol. The van der Waals surface area contributed by atoms with Crippen LogP contribution in [0, 0.1) is 3.57 Å². The highest BCUT2D eigenvalue weighted by Gasteiger charge is 2.10. The standard InChI is InChI=1S/C11H16INO2/c1-4-15-11-9(12)5-8(7-13-2)6-10(11)14-3/h5-6,13H,4,7H2,1-3H3. The van der Waals surface area contributed by atoms with E-state index < -0.39 is 0 Å². The molecule has 4 heteroatoms. The lowest BCUT2D eigenvalue weighted by Crippen LogP contribution is -2.06. The minimum absolute atomic E-state index is 0.651. The van der Waals surface area contributed by atoms with Crippen molar-refractivity contribution in [3.63, 3.8) is 0 Å². The quantitative estimate of drug-likeness (QED) is 0.845.